The molecule has 0 saturated carbocycles. The number of carbonyl (C=O) groups excluding carboxylic acids is 3. The van der Waals surface area contributed by atoms with Crippen LogP contribution >= 0.6 is 22.9 Å². The first-order valence-corrected chi connectivity index (χ1v) is 9.51. The van der Waals surface area contributed by atoms with E-state index in [1.54, 1.807) is 52.2 Å². The Morgan fingerprint density at radius 3 is 2.50 bits per heavy atom. The van der Waals surface area contributed by atoms with Crippen molar-refractivity contribution in [2.24, 2.45) is 0 Å². The van der Waals surface area contributed by atoms with Gasteiger partial charge >= 0.3 is 5.97 Å². The van der Waals surface area contributed by atoms with Crippen LogP contribution in [0.1, 0.15) is 32.5 Å². The second-order valence-electron chi connectivity index (χ2n) is 6.16. The molecule has 0 bridgehead atoms. The Labute approximate surface area is 172 Å². The molecule has 0 aliphatic carbocycles. The van der Waals surface area contributed by atoms with E-state index in [1.807, 2.05) is 0 Å². The number of hydrogen-bond acceptors (Lipinski definition) is 6. The largest absolute Gasteiger partial charge is 0.481 e. The van der Waals surface area contributed by atoms with Crippen LogP contribution in [0.3, 0.4) is 0 Å². The van der Waals surface area contributed by atoms with Crippen LogP contribution in [-0.4, -0.2) is 50.0 Å². The number of methoxy groups -OCH3 is 1. The van der Waals surface area contributed by atoms with Crippen LogP contribution in [-0.2, 0) is 9.53 Å². The molecular weight excluding hydrogens is 404 g/mol. The molecule has 7 nitrogen and oxygen atoms in total. The number of nitrogens with one attached hydrogen (secondary N) is 1. The molecule has 9 heteroatoms. The second-order valence-corrected chi connectivity index (χ2v) is 7.62. The highest BCUT2D eigenvalue weighted by molar-refractivity contribution is 7.18. The lowest BCUT2D eigenvalue weighted by atomic mass is 10.1. The van der Waals surface area contributed by atoms with Gasteiger partial charge in [-0.15, -0.1) is 11.3 Å². The van der Waals surface area contributed by atoms with E-state index in [4.69, 9.17) is 21.1 Å². The molecule has 0 aliphatic rings. The molecule has 0 saturated heterocycles. The van der Waals surface area contributed by atoms with Gasteiger partial charge in [-0.3, -0.25) is 9.59 Å². The number of thiophene rings is 1. The summed E-state index contributed by atoms with van der Waals surface area (Å²) in [5.74, 6) is -0.939. The van der Waals surface area contributed by atoms with Crippen molar-refractivity contribution in [1.29, 1.82) is 0 Å². The van der Waals surface area contributed by atoms with Gasteiger partial charge in [0.05, 0.1) is 17.6 Å². The van der Waals surface area contributed by atoms with Gasteiger partial charge in [-0.2, -0.15) is 0 Å². The van der Waals surface area contributed by atoms with Crippen molar-refractivity contribution in [1.82, 2.24) is 4.90 Å². The normalized spacial score (nSPS) is 11.5. The van der Waals surface area contributed by atoms with Crippen LogP contribution in [0.4, 0.5) is 5.00 Å². The maximum Gasteiger partial charge on any atom is 0.341 e. The Kier molecular flexibility index (Phi) is 7.04. The fourth-order valence-electron chi connectivity index (χ4n) is 2.37. The molecular formula is C19H21ClN2O5S. The second kappa shape index (κ2) is 9.07. The number of ether oxygens (including phenoxy) is 2. The summed E-state index contributed by atoms with van der Waals surface area (Å²) in [5, 5.41) is 3.39. The van der Waals surface area contributed by atoms with E-state index in [1.165, 1.54) is 12.0 Å². The topological polar surface area (TPSA) is 84.9 Å². The van der Waals surface area contributed by atoms with Crippen LogP contribution in [0.25, 0.3) is 0 Å². The molecule has 2 aromatic rings. The molecule has 28 heavy (non-hydrogen) atoms. The molecule has 1 atom stereocenters. The highest BCUT2D eigenvalue weighted by Crippen LogP contribution is 2.34. The lowest BCUT2D eigenvalue weighted by Crippen LogP contribution is -2.30. The Morgan fingerprint density at radius 2 is 1.93 bits per heavy atom. The Bertz CT molecular complexity index is 910. The van der Waals surface area contributed by atoms with E-state index in [0.717, 1.165) is 11.3 Å². The minimum atomic E-state index is -0.862. The highest BCUT2D eigenvalue weighted by atomic mass is 35.5. The van der Waals surface area contributed by atoms with Crippen molar-refractivity contribution in [2.45, 2.75) is 20.0 Å². The fraction of sp³-hybridized carbons (Fsp3) is 0.316. The van der Waals surface area contributed by atoms with Crippen molar-refractivity contribution in [2.75, 3.05) is 26.5 Å². The number of nitrogens with zero attached hydrogens (tertiary/aromatic N) is 1. The summed E-state index contributed by atoms with van der Waals surface area (Å²) in [6.45, 7) is 3.21. The lowest BCUT2D eigenvalue weighted by Gasteiger charge is -2.15. The predicted octanol–water partition coefficient (Wildman–Crippen LogP) is 3.60. The molecule has 2 rings (SSSR count). The maximum absolute atomic E-state index is 12.6. The van der Waals surface area contributed by atoms with E-state index < -0.39 is 18.0 Å². The number of halogens is 1. The molecule has 2 amide bonds. The third-order valence-electron chi connectivity index (χ3n) is 3.85. The van der Waals surface area contributed by atoms with Gasteiger partial charge in [-0.05, 0) is 37.6 Å². The first-order valence-electron chi connectivity index (χ1n) is 8.32. The summed E-state index contributed by atoms with van der Waals surface area (Å²) in [4.78, 5) is 38.9. The number of amides is 2. The number of anilines is 1. The van der Waals surface area contributed by atoms with Gasteiger partial charge in [0.2, 0.25) is 0 Å². The molecule has 0 spiro atoms. The van der Waals surface area contributed by atoms with Crippen LogP contribution in [0.15, 0.2) is 24.3 Å². The van der Waals surface area contributed by atoms with Gasteiger partial charge in [-0.1, -0.05) is 17.7 Å². The molecule has 0 fully saturated rings. The number of rotatable bonds is 6. The van der Waals surface area contributed by atoms with Crippen molar-refractivity contribution < 1.29 is 23.9 Å². The highest BCUT2D eigenvalue weighted by Gasteiger charge is 2.28. The van der Waals surface area contributed by atoms with Gasteiger partial charge in [0.25, 0.3) is 11.8 Å². The summed E-state index contributed by atoms with van der Waals surface area (Å²) in [6.07, 6.45) is -0.862. The molecule has 0 unspecified atom stereocenters. The molecule has 1 aromatic heterocycles. The minimum absolute atomic E-state index is 0.154. The SMILES string of the molecule is COC(=O)c1c(NC(=O)[C@H](C)Oc2cccc(Cl)c2)sc(C(=O)N(C)C)c1C. The summed E-state index contributed by atoms with van der Waals surface area (Å²) in [7, 11) is 4.46. The van der Waals surface area contributed by atoms with Gasteiger partial charge in [0, 0.05) is 19.1 Å². The lowest BCUT2D eigenvalue weighted by molar-refractivity contribution is -0.122. The van der Waals surface area contributed by atoms with Crippen LogP contribution in [0, 0.1) is 6.92 Å². The summed E-state index contributed by atoms with van der Waals surface area (Å²) in [6, 6.07) is 6.67. The molecule has 1 N–H and O–H groups in total. The third-order valence-corrected chi connectivity index (χ3v) is 5.28. The quantitative estimate of drug-likeness (QED) is 0.716. The van der Waals surface area contributed by atoms with Crippen molar-refractivity contribution in [3.05, 3.63) is 45.3 Å². The average molecular weight is 425 g/mol. The Morgan fingerprint density at radius 1 is 1.25 bits per heavy atom. The van der Waals surface area contributed by atoms with Crippen molar-refractivity contribution in [3.8, 4) is 5.75 Å². The zero-order valence-electron chi connectivity index (χ0n) is 16.2. The molecule has 1 heterocycles. The standard InChI is InChI=1S/C19H21ClN2O5S/c1-10-14(19(25)26-5)17(28-15(10)18(24)22(3)4)21-16(23)11(2)27-13-8-6-7-12(20)9-13/h6-9,11H,1-5H3,(H,21,23)/t11-/m0/s1. The van der Waals surface area contributed by atoms with Crippen molar-refractivity contribution >= 4 is 45.7 Å². The average Bonchev–Trinajstić information content (AvgIpc) is 2.96. The molecule has 0 aliphatic heterocycles. The molecule has 1 aromatic carbocycles. The van der Waals surface area contributed by atoms with Gasteiger partial charge in [0.15, 0.2) is 6.10 Å². The number of benzene rings is 1. The molecule has 0 radical (unpaired) electrons. The van der Waals surface area contributed by atoms with Crippen molar-refractivity contribution in [3.63, 3.8) is 0 Å². The van der Waals surface area contributed by atoms with Gasteiger partial charge in [-0.25, -0.2) is 4.79 Å². The summed E-state index contributed by atoms with van der Waals surface area (Å²) in [5.41, 5.74) is 0.607. The zero-order valence-corrected chi connectivity index (χ0v) is 17.7. The van der Waals surface area contributed by atoms with E-state index in [-0.39, 0.29) is 16.5 Å². The Balaban J connectivity index is 2.28. The van der Waals surface area contributed by atoms with E-state index in [0.29, 0.717) is 21.2 Å². The third kappa shape index (κ3) is 4.82. The van der Waals surface area contributed by atoms with Gasteiger partial charge in [0.1, 0.15) is 10.8 Å². The van der Waals surface area contributed by atoms with E-state index in [2.05, 4.69) is 5.32 Å². The predicted molar refractivity (Wildman–Crippen MR) is 109 cm³/mol. The monoisotopic (exact) mass is 424 g/mol. The van der Waals surface area contributed by atoms with Crippen LogP contribution in [0.5, 0.6) is 5.75 Å². The number of carbonyl (C=O) groups is 3. The van der Waals surface area contributed by atoms with Crippen LogP contribution in [0.2, 0.25) is 5.02 Å². The number of hydrogen-bond donors (Lipinski definition) is 1. The fourth-order valence-corrected chi connectivity index (χ4v) is 3.77. The minimum Gasteiger partial charge on any atom is -0.481 e. The number of esters is 1. The molecule has 150 valence electrons. The van der Waals surface area contributed by atoms with Crippen LogP contribution < -0.4 is 10.1 Å². The Hall–Kier alpha value is -2.58. The summed E-state index contributed by atoms with van der Waals surface area (Å²) < 4.78 is 10.4. The smallest absolute Gasteiger partial charge is 0.341 e. The van der Waals surface area contributed by atoms with E-state index in [9.17, 15) is 14.4 Å². The van der Waals surface area contributed by atoms with E-state index >= 15 is 0 Å². The maximum atomic E-state index is 12.6. The zero-order chi connectivity index (χ0) is 21.0. The first kappa shape index (κ1) is 21.7. The van der Waals surface area contributed by atoms with Gasteiger partial charge < -0.3 is 19.7 Å². The first-order chi connectivity index (χ1) is 13.1. The summed E-state index contributed by atoms with van der Waals surface area (Å²) >= 11 is 6.94.